The molecule has 2 amide bonds. The van der Waals surface area contributed by atoms with Crippen molar-refractivity contribution in [3.63, 3.8) is 0 Å². The highest BCUT2D eigenvalue weighted by Gasteiger charge is 2.16. The van der Waals surface area contributed by atoms with E-state index >= 15 is 0 Å². The Morgan fingerprint density at radius 3 is 2.68 bits per heavy atom. The predicted octanol–water partition coefficient (Wildman–Crippen LogP) is 2.98. The number of hydrogen-bond donors (Lipinski definition) is 2. The first-order chi connectivity index (χ1) is 13.6. The van der Waals surface area contributed by atoms with Gasteiger partial charge in [-0.05, 0) is 54.7 Å². The Morgan fingerprint density at radius 1 is 1.07 bits per heavy atom. The van der Waals surface area contributed by atoms with Crippen molar-refractivity contribution >= 4 is 11.8 Å². The summed E-state index contributed by atoms with van der Waals surface area (Å²) in [5, 5.41) is 5.74. The summed E-state index contributed by atoms with van der Waals surface area (Å²) < 4.78 is 18.7. The van der Waals surface area contributed by atoms with Gasteiger partial charge in [0.05, 0.1) is 6.10 Å². The van der Waals surface area contributed by atoms with Crippen molar-refractivity contribution < 1.29 is 18.7 Å². The third kappa shape index (κ3) is 6.16. The molecule has 0 aliphatic carbocycles. The number of halogens is 1. The largest absolute Gasteiger partial charge is 0.376 e. The maximum absolute atomic E-state index is 13.2. The average molecular weight is 384 g/mol. The van der Waals surface area contributed by atoms with Crippen LogP contribution in [0.25, 0.3) is 0 Å². The van der Waals surface area contributed by atoms with Gasteiger partial charge in [0, 0.05) is 31.7 Å². The summed E-state index contributed by atoms with van der Waals surface area (Å²) in [4.78, 5) is 24.3. The molecule has 0 saturated carbocycles. The molecule has 1 unspecified atom stereocenters. The summed E-state index contributed by atoms with van der Waals surface area (Å²) in [5.74, 6) is -0.556. The van der Waals surface area contributed by atoms with Gasteiger partial charge in [0.1, 0.15) is 5.82 Å². The van der Waals surface area contributed by atoms with Gasteiger partial charge in [-0.15, -0.1) is 0 Å². The zero-order valence-electron chi connectivity index (χ0n) is 15.7. The zero-order valence-corrected chi connectivity index (χ0v) is 15.7. The molecule has 1 heterocycles. The Balaban J connectivity index is 1.44. The van der Waals surface area contributed by atoms with Crippen LogP contribution >= 0.6 is 0 Å². The summed E-state index contributed by atoms with van der Waals surface area (Å²) in [6.45, 7) is 1.61. The summed E-state index contributed by atoms with van der Waals surface area (Å²) in [6.07, 6.45) is 2.88. The number of rotatable bonds is 8. The second-order valence-corrected chi connectivity index (χ2v) is 6.95. The number of benzene rings is 2. The van der Waals surface area contributed by atoms with Crippen LogP contribution in [0.1, 0.15) is 40.7 Å². The van der Waals surface area contributed by atoms with Gasteiger partial charge in [0.15, 0.2) is 0 Å². The minimum Gasteiger partial charge on any atom is -0.376 e. The van der Waals surface area contributed by atoms with E-state index in [1.54, 1.807) is 30.3 Å². The molecular formula is C22H25FN2O3. The highest BCUT2D eigenvalue weighted by Crippen LogP contribution is 2.11. The Labute approximate surface area is 164 Å². The molecule has 0 aromatic heterocycles. The molecule has 1 aliphatic heterocycles. The van der Waals surface area contributed by atoms with Crippen molar-refractivity contribution in [1.82, 2.24) is 10.6 Å². The van der Waals surface area contributed by atoms with E-state index < -0.39 is 0 Å². The number of amides is 2. The Hall–Kier alpha value is -2.73. The van der Waals surface area contributed by atoms with Gasteiger partial charge in [-0.1, -0.05) is 24.3 Å². The van der Waals surface area contributed by atoms with Gasteiger partial charge in [0.25, 0.3) is 5.91 Å². The number of ether oxygens (including phenoxy) is 1. The lowest BCUT2D eigenvalue weighted by atomic mass is 10.1. The van der Waals surface area contributed by atoms with E-state index in [9.17, 15) is 14.0 Å². The van der Waals surface area contributed by atoms with Gasteiger partial charge in [-0.3, -0.25) is 9.59 Å². The molecular weight excluding hydrogens is 359 g/mol. The Morgan fingerprint density at radius 2 is 1.89 bits per heavy atom. The van der Waals surface area contributed by atoms with E-state index in [1.807, 2.05) is 6.07 Å². The first-order valence-corrected chi connectivity index (χ1v) is 9.60. The molecule has 0 radical (unpaired) electrons. The van der Waals surface area contributed by atoms with E-state index in [-0.39, 0.29) is 30.2 Å². The molecule has 5 nitrogen and oxygen atoms in total. The third-order valence-electron chi connectivity index (χ3n) is 4.72. The Kier molecular flexibility index (Phi) is 7.14. The number of hydrogen-bond acceptors (Lipinski definition) is 3. The topological polar surface area (TPSA) is 67.4 Å². The van der Waals surface area contributed by atoms with Crippen molar-refractivity contribution in [3.8, 4) is 0 Å². The molecule has 1 saturated heterocycles. The van der Waals surface area contributed by atoms with Crippen LogP contribution in [0.15, 0.2) is 48.5 Å². The maximum atomic E-state index is 13.2. The molecule has 3 rings (SSSR count). The first kappa shape index (κ1) is 20.0. The minimum atomic E-state index is -0.299. The zero-order chi connectivity index (χ0) is 19.8. The lowest BCUT2D eigenvalue weighted by Crippen LogP contribution is -2.31. The van der Waals surface area contributed by atoms with Crippen LogP contribution in [-0.2, 0) is 22.5 Å². The number of carbonyl (C=O) groups is 2. The van der Waals surface area contributed by atoms with Crippen LogP contribution in [-0.4, -0.2) is 31.1 Å². The molecule has 2 N–H and O–H groups in total. The van der Waals surface area contributed by atoms with Crippen molar-refractivity contribution in [3.05, 3.63) is 71.0 Å². The van der Waals surface area contributed by atoms with E-state index in [1.165, 1.54) is 12.1 Å². The predicted molar refractivity (Wildman–Crippen MR) is 104 cm³/mol. The Bertz CT molecular complexity index is 819. The maximum Gasteiger partial charge on any atom is 0.251 e. The highest BCUT2D eigenvalue weighted by molar-refractivity contribution is 5.94. The molecule has 0 bridgehead atoms. The van der Waals surface area contributed by atoms with Crippen molar-refractivity contribution in [2.45, 2.75) is 38.3 Å². The van der Waals surface area contributed by atoms with E-state index in [0.717, 1.165) is 30.6 Å². The molecule has 2 aromatic carbocycles. The fraction of sp³-hybridized carbons (Fsp3) is 0.364. The van der Waals surface area contributed by atoms with Gasteiger partial charge < -0.3 is 15.4 Å². The lowest BCUT2D eigenvalue weighted by molar-refractivity contribution is -0.121. The standard InChI is InChI=1S/C22H25FN2O3/c23-19-7-2-4-16(13-19)9-10-21(26)24-14-17-5-1-6-18(12-17)22(27)25-15-20-8-3-11-28-20/h1-2,4-7,12-13,20H,3,8-11,14-15H2,(H,24,26)(H,25,27). The average Bonchev–Trinajstić information content (AvgIpc) is 3.23. The van der Waals surface area contributed by atoms with E-state index in [2.05, 4.69) is 10.6 Å². The minimum absolute atomic E-state index is 0.101. The number of aryl methyl sites for hydroxylation is 1. The highest BCUT2D eigenvalue weighted by atomic mass is 19.1. The van der Waals surface area contributed by atoms with Gasteiger partial charge >= 0.3 is 0 Å². The lowest BCUT2D eigenvalue weighted by Gasteiger charge is -2.11. The summed E-state index contributed by atoms with van der Waals surface area (Å²) >= 11 is 0. The van der Waals surface area contributed by atoms with Gasteiger partial charge in [0.2, 0.25) is 5.91 Å². The van der Waals surface area contributed by atoms with E-state index in [0.29, 0.717) is 25.1 Å². The van der Waals surface area contributed by atoms with Crippen LogP contribution < -0.4 is 10.6 Å². The molecule has 1 aliphatic rings. The van der Waals surface area contributed by atoms with Crippen LogP contribution in [0.4, 0.5) is 4.39 Å². The molecule has 1 fully saturated rings. The third-order valence-corrected chi connectivity index (χ3v) is 4.72. The fourth-order valence-corrected chi connectivity index (χ4v) is 3.18. The normalized spacial score (nSPS) is 16.0. The fourth-order valence-electron chi connectivity index (χ4n) is 3.18. The monoisotopic (exact) mass is 384 g/mol. The summed E-state index contributed by atoms with van der Waals surface area (Å²) in [7, 11) is 0. The first-order valence-electron chi connectivity index (χ1n) is 9.60. The second-order valence-electron chi connectivity index (χ2n) is 6.95. The van der Waals surface area contributed by atoms with Crippen LogP contribution in [0.2, 0.25) is 0 Å². The van der Waals surface area contributed by atoms with E-state index in [4.69, 9.17) is 4.74 Å². The smallest absolute Gasteiger partial charge is 0.251 e. The summed E-state index contributed by atoms with van der Waals surface area (Å²) in [5.41, 5.74) is 2.20. The van der Waals surface area contributed by atoms with Crippen molar-refractivity contribution in [1.29, 1.82) is 0 Å². The van der Waals surface area contributed by atoms with Gasteiger partial charge in [-0.25, -0.2) is 4.39 Å². The van der Waals surface area contributed by atoms with Crippen LogP contribution in [0.3, 0.4) is 0 Å². The summed E-state index contributed by atoms with van der Waals surface area (Å²) in [6, 6.07) is 13.4. The molecule has 0 spiro atoms. The molecule has 1 atom stereocenters. The quantitative estimate of drug-likeness (QED) is 0.735. The molecule has 148 valence electrons. The van der Waals surface area contributed by atoms with Crippen molar-refractivity contribution in [2.24, 2.45) is 0 Å². The van der Waals surface area contributed by atoms with Gasteiger partial charge in [-0.2, -0.15) is 0 Å². The van der Waals surface area contributed by atoms with Crippen LogP contribution in [0.5, 0.6) is 0 Å². The number of carbonyl (C=O) groups excluding carboxylic acids is 2. The second kappa shape index (κ2) is 9.99. The number of nitrogens with one attached hydrogen (secondary N) is 2. The molecule has 28 heavy (non-hydrogen) atoms. The van der Waals surface area contributed by atoms with Crippen molar-refractivity contribution in [2.75, 3.05) is 13.2 Å². The van der Waals surface area contributed by atoms with Crippen LogP contribution in [0, 0.1) is 5.82 Å². The SMILES string of the molecule is O=C(CCc1cccc(F)c1)NCc1cccc(C(=O)NCC2CCCO2)c1. The molecule has 2 aromatic rings. The molecule has 6 heteroatoms.